The summed E-state index contributed by atoms with van der Waals surface area (Å²) in [5, 5.41) is 12.3. The highest BCUT2D eigenvalue weighted by molar-refractivity contribution is 6.38. The zero-order valence-corrected chi connectivity index (χ0v) is 15.5. The molecule has 0 radical (unpaired) electrons. The number of pyridine rings is 1. The fourth-order valence-corrected chi connectivity index (χ4v) is 3.98. The average molecular weight is 396 g/mol. The molecule has 1 aliphatic carbocycles. The molecule has 1 aromatic heterocycles. The Balaban J connectivity index is 2.01. The SMILES string of the molecule is CC1(n2cc(OC(=O)O)c(=O)c3cc(F)c(N4CCNCC4)c(Cl)c32)CC1. The van der Waals surface area contributed by atoms with Crippen molar-refractivity contribution in [3.05, 3.63) is 33.3 Å². The van der Waals surface area contributed by atoms with Gasteiger partial charge in [-0.1, -0.05) is 11.6 Å². The maximum absolute atomic E-state index is 14.9. The zero-order valence-electron chi connectivity index (χ0n) is 14.7. The van der Waals surface area contributed by atoms with E-state index in [4.69, 9.17) is 16.7 Å². The number of rotatable bonds is 3. The number of halogens is 2. The molecule has 1 aliphatic heterocycles. The summed E-state index contributed by atoms with van der Waals surface area (Å²) in [5.41, 5.74) is -0.324. The lowest BCUT2D eigenvalue weighted by Crippen LogP contribution is -2.44. The van der Waals surface area contributed by atoms with Gasteiger partial charge in [-0.2, -0.15) is 0 Å². The van der Waals surface area contributed by atoms with Gasteiger partial charge in [0.25, 0.3) is 0 Å². The van der Waals surface area contributed by atoms with Crippen LogP contribution in [0.1, 0.15) is 19.8 Å². The second kappa shape index (κ2) is 6.38. The lowest BCUT2D eigenvalue weighted by molar-refractivity contribution is 0.143. The number of nitrogens with zero attached hydrogens (tertiary/aromatic N) is 2. The topological polar surface area (TPSA) is 83.8 Å². The molecule has 0 spiro atoms. The minimum absolute atomic E-state index is 0.0169. The van der Waals surface area contributed by atoms with Crippen molar-refractivity contribution in [2.45, 2.75) is 25.3 Å². The fraction of sp³-hybridized carbons (Fsp3) is 0.444. The van der Waals surface area contributed by atoms with Gasteiger partial charge in [0.15, 0.2) is 5.75 Å². The largest absolute Gasteiger partial charge is 0.511 e. The molecule has 1 saturated heterocycles. The Bertz CT molecular complexity index is 996. The van der Waals surface area contributed by atoms with Crippen LogP contribution in [0.4, 0.5) is 14.9 Å². The van der Waals surface area contributed by atoms with Gasteiger partial charge in [-0.15, -0.1) is 0 Å². The van der Waals surface area contributed by atoms with Crippen molar-refractivity contribution in [2.75, 3.05) is 31.1 Å². The minimum atomic E-state index is -1.59. The number of piperazine rings is 1. The van der Waals surface area contributed by atoms with E-state index in [9.17, 15) is 14.0 Å². The Morgan fingerprint density at radius 2 is 2.04 bits per heavy atom. The van der Waals surface area contributed by atoms with Crippen LogP contribution in [0, 0.1) is 5.82 Å². The predicted octanol–water partition coefficient (Wildman–Crippen LogP) is 2.77. The highest BCUT2D eigenvalue weighted by Gasteiger charge is 2.41. The number of carboxylic acid groups (broad SMARTS) is 1. The van der Waals surface area contributed by atoms with E-state index in [-0.39, 0.29) is 27.4 Å². The number of aromatic nitrogens is 1. The molecule has 0 atom stereocenters. The van der Waals surface area contributed by atoms with Gasteiger partial charge in [0.2, 0.25) is 5.43 Å². The molecule has 144 valence electrons. The highest BCUT2D eigenvalue weighted by Crippen LogP contribution is 2.47. The maximum atomic E-state index is 14.9. The number of nitrogens with one attached hydrogen (secondary N) is 1. The van der Waals surface area contributed by atoms with Crippen LogP contribution in [0.3, 0.4) is 0 Å². The van der Waals surface area contributed by atoms with Crippen molar-refractivity contribution < 1.29 is 19.0 Å². The van der Waals surface area contributed by atoms with E-state index in [0.717, 1.165) is 18.9 Å². The number of ether oxygens (including phenoxy) is 1. The first kappa shape index (κ1) is 18.1. The number of hydrogen-bond acceptors (Lipinski definition) is 5. The van der Waals surface area contributed by atoms with Crippen LogP contribution < -0.4 is 20.4 Å². The second-order valence-electron chi connectivity index (χ2n) is 7.21. The number of carbonyl (C=O) groups is 1. The summed E-state index contributed by atoms with van der Waals surface area (Å²) < 4.78 is 21.3. The summed E-state index contributed by atoms with van der Waals surface area (Å²) in [5.74, 6) is -0.958. The van der Waals surface area contributed by atoms with Crippen LogP contribution >= 0.6 is 11.6 Å². The molecule has 0 bridgehead atoms. The molecule has 0 unspecified atom stereocenters. The Hall–Kier alpha value is -2.32. The summed E-state index contributed by atoms with van der Waals surface area (Å²) in [7, 11) is 0. The van der Waals surface area contributed by atoms with Gasteiger partial charge >= 0.3 is 6.16 Å². The van der Waals surface area contributed by atoms with Crippen molar-refractivity contribution in [2.24, 2.45) is 0 Å². The smallest absolute Gasteiger partial charge is 0.449 e. The molecule has 1 aromatic carbocycles. The van der Waals surface area contributed by atoms with Crippen molar-refractivity contribution in [3.63, 3.8) is 0 Å². The van der Waals surface area contributed by atoms with E-state index in [1.807, 2.05) is 11.8 Å². The van der Waals surface area contributed by atoms with Gasteiger partial charge in [-0.25, -0.2) is 9.18 Å². The zero-order chi connectivity index (χ0) is 19.3. The van der Waals surface area contributed by atoms with Gasteiger partial charge in [-0.3, -0.25) is 4.79 Å². The van der Waals surface area contributed by atoms with Gasteiger partial charge < -0.3 is 24.6 Å². The molecule has 4 rings (SSSR count). The molecular formula is C18H19ClFN3O4. The summed E-state index contributed by atoms with van der Waals surface area (Å²) in [4.78, 5) is 25.5. The van der Waals surface area contributed by atoms with Crippen LogP contribution in [0.25, 0.3) is 10.9 Å². The summed E-state index contributed by atoms with van der Waals surface area (Å²) in [6, 6.07) is 1.14. The van der Waals surface area contributed by atoms with Crippen molar-refractivity contribution in [1.82, 2.24) is 9.88 Å². The lowest BCUT2D eigenvalue weighted by Gasteiger charge is -2.31. The number of anilines is 1. The number of fused-ring (bicyclic) bond motifs is 1. The third-order valence-electron chi connectivity index (χ3n) is 5.31. The van der Waals surface area contributed by atoms with Gasteiger partial charge in [-0.05, 0) is 25.8 Å². The lowest BCUT2D eigenvalue weighted by atomic mass is 10.1. The van der Waals surface area contributed by atoms with Gasteiger partial charge in [0, 0.05) is 31.7 Å². The Morgan fingerprint density at radius 1 is 1.37 bits per heavy atom. The Morgan fingerprint density at radius 3 is 2.63 bits per heavy atom. The van der Waals surface area contributed by atoms with Crippen molar-refractivity contribution in [3.8, 4) is 5.75 Å². The second-order valence-corrected chi connectivity index (χ2v) is 7.59. The molecule has 7 nitrogen and oxygen atoms in total. The fourth-order valence-electron chi connectivity index (χ4n) is 3.57. The third kappa shape index (κ3) is 3.02. The number of hydrogen-bond donors (Lipinski definition) is 2. The quantitative estimate of drug-likeness (QED) is 0.777. The molecule has 2 aromatic rings. The maximum Gasteiger partial charge on any atom is 0.511 e. The van der Waals surface area contributed by atoms with Gasteiger partial charge in [0.05, 0.1) is 27.8 Å². The van der Waals surface area contributed by atoms with Crippen LogP contribution in [0.2, 0.25) is 5.02 Å². The predicted molar refractivity (Wildman–Crippen MR) is 99.8 cm³/mol. The van der Waals surface area contributed by atoms with E-state index < -0.39 is 17.4 Å². The first-order chi connectivity index (χ1) is 12.8. The molecule has 2 heterocycles. The molecule has 9 heteroatoms. The van der Waals surface area contributed by atoms with Crippen LogP contribution in [-0.4, -0.2) is 42.0 Å². The summed E-state index contributed by atoms with van der Waals surface area (Å²) >= 11 is 6.63. The average Bonchev–Trinajstić information content (AvgIpc) is 3.37. The molecule has 0 amide bonds. The summed E-state index contributed by atoms with van der Waals surface area (Å²) in [6.07, 6.45) is 1.46. The first-order valence-electron chi connectivity index (χ1n) is 8.76. The molecule has 2 fully saturated rings. The molecule has 1 saturated carbocycles. The van der Waals surface area contributed by atoms with E-state index in [0.29, 0.717) is 31.7 Å². The van der Waals surface area contributed by atoms with Crippen molar-refractivity contribution >= 4 is 34.3 Å². The molecule has 27 heavy (non-hydrogen) atoms. The van der Waals surface area contributed by atoms with E-state index in [1.54, 1.807) is 4.57 Å². The van der Waals surface area contributed by atoms with E-state index >= 15 is 0 Å². The van der Waals surface area contributed by atoms with Crippen LogP contribution in [0.15, 0.2) is 17.1 Å². The van der Waals surface area contributed by atoms with Crippen LogP contribution in [-0.2, 0) is 5.54 Å². The van der Waals surface area contributed by atoms with E-state index in [1.165, 1.54) is 6.20 Å². The molecule has 2 aliphatic rings. The third-order valence-corrected chi connectivity index (χ3v) is 5.67. The normalized spacial score (nSPS) is 18.6. The van der Waals surface area contributed by atoms with E-state index in [2.05, 4.69) is 10.1 Å². The van der Waals surface area contributed by atoms with Gasteiger partial charge in [0.1, 0.15) is 5.82 Å². The van der Waals surface area contributed by atoms with Crippen molar-refractivity contribution in [1.29, 1.82) is 0 Å². The minimum Gasteiger partial charge on any atom is -0.449 e. The molecule has 2 N–H and O–H groups in total. The standard InChI is InChI=1S/C18H19ClFN3O4/c1-18(2-3-18)23-9-12(27-17(25)26)16(24)10-8-11(20)15(13(19)14(10)23)22-6-4-21-5-7-22/h8-9,21H,2-7H2,1H3,(H,25,26). The monoisotopic (exact) mass is 395 g/mol. The highest BCUT2D eigenvalue weighted by atomic mass is 35.5. The Labute approximate surface area is 159 Å². The number of benzene rings is 1. The first-order valence-corrected chi connectivity index (χ1v) is 9.14. The van der Waals surface area contributed by atoms with Crippen LogP contribution in [0.5, 0.6) is 5.75 Å². The summed E-state index contributed by atoms with van der Waals surface area (Å²) in [6.45, 7) is 4.60. The molecular weight excluding hydrogens is 377 g/mol. The Kier molecular flexibility index (Phi) is 4.27.